The van der Waals surface area contributed by atoms with Crippen molar-refractivity contribution in [3.05, 3.63) is 53.1 Å². The van der Waals surface area contributed by atoms with E-state index in [-0.39, 0.29) is 17.8 Å². The molecule has 1 aromatic rings. The molecule has 2 saturated heterocycles. The molecule has 2 aliphatic carbocycles. The van der Waals surface area contributed by atoms with Crippen molar-refractivity contribution < 1.29 is 28.9 Å². The summed E-state index contributed by atoms with van der Waals surface area (Å²) >= 11 is 0. The average molecular weight is 481 g/mol. The van der Waals surface area contributed by atoms with Crippen LogP contribution in [0, 0.1) is 11.8 Å². The SMILES string of the molecule is CC1=C2C(CC1)C1(C)OC(C3CCCCC3)(CC1OC(=O)CO)C2OC(=O)/C=C/c1ccccc1. The van der Waals surface area contributed by atoms with Gasteiger partial charge in [-0.3, -0.25) is 0 Å². The van der Waals surface area contributed by atoms with E-state index >= 15 is 0 Å². The van der Waals surface area contributed by atoms with E-state index in [4.69, 9.17) is 14.2 Å². The van der Waals surface area contributed by atoms with Gasteiger partial charge in [-0.2, -0.15) is 0 Å². The van der Waals surface area contributed by atoms with E-state index in [2.05, 4.69) is 6.92 Å². The minimum Gasteiger partial charge on any atom is -0.457 e. The summed E-state index contributed by atoms with van der Waals surface area (Å²) in [5.41, 5.74) is 1.92. The summed E-state index contributed by atoms with van der Waals surface area (Å²) in [6.45, 7) is 3.52. The highest BCUT2D eigenvalue weighted by molar-refractivity contribution is 5.87. The Hall–Kier alpha value is -2.44. The number of hydrogen-bond donors (Lipinski definition) is 1. The van der Waals surface area contributed by atoms with Crippen LogP contribution >= 0.6 is 0 Å². The van der Waals surface area contributed by atoms with Crippen LogP contribution in [0.2, 0.25) is 0 Å². The van der Waals surface area contributed by atoms with Gasteiger partial charge in [0, 0.05) is 18.4 Å². The van der Waals surface area contributed by atoms with E-state index in [0.29, 0.717) is 6.42 Å². The molecule has 35 heavy (non-hydrogen) atoms. The highest BCUT2D eigenvalue weighted by Crippen LogP contribution is 2.63. The number of aliphatic hydroxyl groups excluding tert-OH is 1. The van der Waals surface area contributed by atoms with Crippen LogP contribution in [-0.4, -0.2) is 47.1 Å². The van der Waals surface area contributed by atoms with Crippen LogP contribution in [0.3, 0.4) is 0 Å². The first-order chi connectivity index (χ1) is 16.9. The molecular formula is C29H36O6. The van der Waals surface area contributed by atoms with Crippen molar-refractivity contribution >= 4 is 18.0 Å². The summed E-state index contributed by atoms with van der Waals surface area (Å²) in [7, 11) is 0. The lowest BCUT2D eigenvalue weighted by molar-refractivity contribution is -0.229. The maximum atomic E-state index is 13.2. The molecule has 0 radical (unpaired) electrons. The van der Waals surface area contributed by atoms with Crippen molar-refractivity contribution in [3.8, 4) is 0 Å². The topological polar surface area (TPSA) is 82.1 Å². The second-order valence-electron chi connectivity index (χ2n) is 10.8. The second kappa shape index (κ2) is 9.55. The normalized spacial score (nSPS) is 34.8. The third-order valence-corrected chi connectivity index (χ3v) is 8.79. The van der Waals surface area contributed by atoms with E-state index in [9.17, 15) is 14.7 Å². The Labute approximate surface area is 207 Å². The molecule has 6 nitrogen and oxygen atoms in total. The van der Waals surface area contributed by atoms with Gasteiger partial charge in [-0.15, -0.1) is 0 Å². The first kappa shape index (κ1) is 24.3. The lowest BCUT2D eigenvalue weighted by atomic mass is 9.69. The summed E-state index contributed by atoms with van der Waals surface area (Å²) in [5, 5.41) is 9.38. The van der Waals surface area contributed by atoms with Gasteiger partial charge in [-0.25, -0.2) is 9.59 Å². The molecule has 188 valence electrons. The van der Waals surface area contributed by atoms with Gasteiger partial charge in [0.15, 0.2) is 6.10 Å². The zero-order valence-electron chi connectivity index (χ0n) is 20.7. The molecule has 1 aromatic carbocycles. The molecule has 2 aliphatic heterocycles. The van der Waals surface area contributed by atoms with Gasteiger partial charge in [0.25, 0.3) is 0 Å². The number of ether oxygens (including phenoxy) is 3. The lowest BCUT2D eigenvalue weighted by Gasteiger charge is -2.52. The van der Waals surface area contributed by atoms with Crippen LogP contribution in [-0.2, 0) is 23.8 Å². The maximum absolute atomic E-state index is 13.2. The summed E-state index contributed by atoms with van der Waals surface area (Å²) in [6, 6.07) is 9.69. The maximum Gasteiger partial charge on any atom is 0.332 e. The van der Waals surface area contributed by atoms with E-state index in [0.717, 1.165) is 49.7 Å². The number of benzene rings is 1. The Morgan fingerprint density at radius 3 is 2.57 bits per heavy atom. The molecule has 4 aliphatic rings. The highest BCUT2D eigenvalue weighted by atomic mass is 16.6. The van der Waals surface area contributed by atoms with Gasteiger partial charge in [-0.05, 0) is 62.7 Å². The van der Waals surface area contributed by atoms with Gasteiger partial charge >= 0.3 is 11.9 Å². The second-order valence-corrected chi connectivity index (χ2v) is 10.8. The van der Waals surface area contributed by atoms with E-state index < -0.39 is 36.0 Å². The van der Waals surface area contributed by atoms with E-state index in [1.165, 1.54) is 18.1 Å². The molecule has 0 amide bonds. The first-order valence-electron chi connectivity index (χ1n) is 13.0. The van der Waals surface area contributed by atoms with Crippen molar-refractivity contribution in [3.63, 3.8) is 0 Å². The van der Waals surface area contributed by atoms with Gasteiger partial charge in [-0.1, -0.05) is 55.2 Å². The van der Waals surface area contributed by atoms with Crippen molar-refractivity contribution in [2.24, 2.45) is 11.8 Å². The van der Waals surface area contributed by atoms with Crippen molar-refractivity contribution in [1.82, 2.24) is 0 Å². The van der Waals surface area contributed by atoms with E-state index in [1.54, 1.807) is 6.08 Å². The van der Waals surface area contributed by atoms with Crippen LogP contribution in [0.5, 0.6) is 0 Å². The molecule has 5 unspecified atom stereocenters. The Morgan fingerprint density at radius 2 is 1.86 bits per heavy atom. The summed E-state index contributed by atoms with van der Waals surface area (Å²) in [5.74, 6) is -0.797. The predicted octanol–water partition coefficient (Wildman–Crippen LogP) is 4.75. The van der Waals surface area contributed by atoms with Gasteiger partial charge < -0.3 is 19.3 Å². The van der Waals surface area contributed by atoms with Crippen molar-refractivity contribution in [1.29, 1.82) is 0 Å². The molecule has 5 atom stereocenters. The van der Waals surface area contributed by atoms with E-state index in [1.807, 2.05) is 37.3 Å². The number of allylic oxidation sites excluding steroid dienone is 1. The molecule has 5 rings (SSSR count). The number of fused-ring (bicyclic) bond motifs is 4. The molecule has 0 spiro atoms. The first-order valence-corrected chi connectivity index (χ1v) is 13.0. The molecular weight excluding hydrogens is 444 g/mol. The number of rotatable bonds is 6. The summed E-state index contributed by atoms with van der Waals surface area (Å²) < 4.78 is 19.1. The van der Waals surface area contributed by atoms with Crippen LogP contribution in [0.1, 0.15) is 70.8 Å². The Kier molecular flexibility index (Phi) is 6.62. The Bertz CT molecular complexity index is 1020. The zero-order chi connectivity index (χ0) is 24.6. The fraction of sp³-hybridized carbons (Fsp3) is 0.586. The molecule has 3 fully saturated rings. The predicted molar refractivity (Wildman–Crippen MR) is 131 cm³/mol. The molecule has 1 N–H and O–H groups in total. The Balaban J connectivity index is 1.52. The number of esters is 2. The largest absolute Gasteiger partial charge is 0.457 e. The minimum absolute atomic E-state index is 0.00844. The molecule has 1 saturated carbocycles. The number of aliphatic hydroxyl groups is 1. The minimum atomic E-state index is -0.733. The summed E-state index contributed by atoms with van der Waals surface area (Å²) in [4.78, 5) is 25.3. The molecule has 0 aromatic heterocycles. The number of hydrogen-bond acceptors (Lipinski definition) is 6. The molecule has 2 heterocycles. The third-order valence-electron chi connectivity index (χ3n) is 8.79. The van der Waals surface area contributed by atoms with Gasteiger partial charge in [0.05, 0.1) is 0 Å². The lowest BCUT2D eigenvalue weighted by Crippen LogP contribution is -2.59. The standard InChI is InChI=1S/C29H36O6/c1-19-13-15-22-26(19)27(34-24(31)16-14-20-9-5-3-6-10-20)29(21-11-7-4-8-12-21)17-23(28(22,2)35-29)33-25(32)18-30/h3,5-6,9-10,14,16,21-23,27,30H,4,7-8,11-13,15,17-18H2,1-2H3/b16-14+. The van der Waals surface area contributed by atoms with Gasteiger partial charge in [0.2, 0.25) is 0 Å². The third kappa shape index (κ3) is 4.25. The fourth-order valence-electron chi connectivity index (χ4n) is 7.15. The Morgan fingerprint density at radius 1 is 1.11 bits per heavy atom. The number of carbonyl (C=O) groups excluding carboxylic acids is 2. The van der Waals surface area contributed by atoms with Gasteiger partial charge in [0.1, 0.15) is 23.9 Å². The quantitative estimate of drug-likeness (QED) is 0.359. The highest BCUT2D eigenvalue weighted by Gasteiger charge is 2.71. The zero-order valence-corrected chi connectivity index (χ0v) is 20.7. The fourth-order valence-corrected chi connectivity index (χ4v) is 7.15. The monoisotopic (exact) mass is 480 g/mol. The smallest absolute Gasteiger partial charge is 0.332 e. The number of carbonyl (C=O) groups is 2. The van der Waals surface area contributed by atoms with Crippen LogP contribution in [0.15, 0.2) is 47.6 Å². The van der Waals surface area contributed by atoms with Crippen molar-refractivity contribution in [2.75, 3.05) is 6.61 Å². The average Bonchev–Trinajstić information content (AvgIpc) is 3.39. The van der Waals surface area contributed by atoms with Crippen LogP contribution in [0.25, 0.3) is 6.08 Å². The van der Waals surface area contributed by atoms with Crippen molar-refractivity contribution in [2.45, 2.75) is 88.6 Å². The molecule has 2 bridgehead atoms. The summed E-state index contributed by atoms with van der Waals surface area (Å²) in [6.07, 6.45) is 9.97. The molecule has 6 heteroatoms. The van der Waals surface area contributed by atoms with Crippen LogP contribution in [0.4, 0.5) is 0 Å². The van der Waals surface area contributed by atoms with Crippen LogP contribution < -0.4 is 0 Å².